The Balaban J connectivity index is 2.30. The highest BCUT2D eigenvalue weighted by Gasteiger charge is 2.21. The summed E-state index contributed by atoms with van der Waals surface area (Å²) in [5, 5.41) is 0. The summed E-state index contributed by atoms with van der Waals surface area (Å²) in [6.07, 6.45) is 2.60. The van der Waals surface area contributed by atoms with E-state index in [1.807, 2.05) is 6.92 Å². The fourth-order valence-corrected chi connectivity index (χ4v) is 2.07. The Hall–Kier alpha value is -1.60. The molecule has 1 aliphatic rings. The van der Waals surface area contributed by atoms with Gasteiger partial charge in [-0.2, -0.15) is 0 Å². The molecule has 0 aliphatic carbocycles. The summed E-state index contributed by atoms with van der Waals surface area (Å²) in [5.74, 6) is 7.22. The first-order chi connectivity index (χ1) is 8.76. The summed E-state index contributed by atoms with van der Waals surface area (Å²) in [7, 11) is 1.58. The van der Waals surface area contributed by atoms with E-state index in [9.17, 15) is 0 Å². The zero-order chi connectivity index (χ0) is 13.0. The normalized spacial score (nSPS) is 20.4. The molecule has 0 bridgehead atoms. The lowest BCUT2D eigenvalue weighted by molar-refractivity contribution is 0.0820. The van der Waals surface area contributed by atoms with E-state index in [-0.39, 0.29) is 6.10 Å². The number of anilines is 2. The second kappa shape index (κ2) is 5.83. The molecule has 3 N–H and O–H groups in total. The van der Waals surface area contributed by atoms with E-state index in [1.165, 1.54) is 6.33 Å². The predicted molar refractivity (Wildman–Crippen MR) is 68.6 cm³/mol. The van der Waals surface area contributed by atoms with Crippen molar-refractivity contribution in [3.8, 4) is 5.75 Å². The largest absolute Gasteiger partial charge is 0.490 e. The van der Waals surface area contributed by atoms with Crippen LogP contribution in [0.4, 0.5) is 11.6 Å². The van der Waals surface area contributed by atoms with Crippen LogP contribution in [0.3, 0.4) is 0 Å². The molecule has 1 saturated heterocycles. The number of nitrogens with zero attached hydrogens (tertiary/aromatic N) is 3. The number of hydrogen-bond acceptors (Lipinski definition) is 7. The van der Waals surface area contributed by atoms with Gasteiger partial charge >= 0.3 is 0 Å². The van der Waals surface area contributed by atoms with Gasteiger partial charge in [-0.3, -0.25) is 0 Å². The number of hydrogen-bond donors (Lipinski definition) is 2. The van der Waals surface area contributed by atoms with Gasteiger partial charge in [0.05, 0.1) is 13.2 Å². The minimum absolute atomic E-state index is 0.168. The highest BCUT2D eigenvalue weighted by molar-refractivity contribution is 5.64. The monoisotopic (exact) mass is 253 g/mol. The van der Waals surface area contributed by atoms with Crippen molar-refractivity contribution in [3.05, 3.63) is 6.33 Å². The van der Waals surface area contributed by atoms with Crippen molar-refractivity contribution in [3.63, 3.8) is 0 Å². The Morgan fingerprint density at radius 3 is 3.11 bits per heavy atom. The number of nitrogens with two attached hydrogens (primary N) is 1. The van der Waals surface area contributed by atoms with Gasteiger partial charge in [-0.15, -0.1) is 0 Å². The topological polar surface area (TPSA) is 85.5 Å². The van der Waals surface area contributed by atoms with Gasteiger partial charge < -0.3 is 19.8 Å². The Labute approximate surface area is 106 Å². The third-order valence-corrected chi connectivity index (χ3v) is 2.88. The van der Waals surface area contributed by atoms with Crippen LogP contribution in [0.1, 0.15) is 13.3 Å². The highest BCUT2D eigenvalue weighted by Crippen LogP contribution is 2.32. The quantitative estimate of drug-likeness (QED) is 0.595. The molecule has 1 aromatic heterocycles. The van der Waals surface area contributed by atoms with Crippen LogP contribution in [0.25, 0.3) is 0 Å². The van der Waals surface area contributed by atoms with Gasteiger partial charge in [0.15, 0.2) is 11.6 Å². The van der Waals surface area contributed by atoms with Crippen LogP contribution < -0.4 is 20.9 Å². The Kier molecular flexibility index (Phi) is 4.16. The average molecular weight is 253 g/mol. The highest BCUT2D eigenvalue weighted by atomic mass is 16.5. The summed E-state index contributed by atoms with van der Waals surface area (Å²) < 4.78 is 11.0. The van der Waals surface area contributed by atoms with Crippen LogP contribution in [0.15, 0.2) is 6.33 Å². The van der Waals surface area contributed by atoms with Gasteiger partial charge in [-0.05, 0) is 13.3 Å². The van der Waals surface area contributed by atoms with Crippen LogP contribution in [0.5, 0.6) is 5.75 Å². The molecule has 2 heterocycles. The first-order valence-electron chi connectivity index (χ1n) is 5.98. The first kappa shape index (κ1) is 12.8. The van der Waals surface area contributed by atoms with E-state index in [4.69, 9.17) is 15.3 Å². The van der Waals surface area contributed by atoms with E-state index < -0.39 is 0 Å². The molecule has 7 heteroatoms. The summed E-state index contributed by atoms with van der Waals surface area (Å²) in [6.45, 7) is 4.47. The molecule has 0 saturated carbocycles. The van der Waals surface area contributed by atoms with Gasteiger partial charge in [-0.25, -0.2) is 15.8 Å². The summed E-state index contributed by atoms with van der Waals surface area (Å²) >= 11 is 0. The number of nitrogen functional groups attached to an aromatic ring is 1. The van der Waals surface area contributed by atoms with Crippen molar-refractivity contribution in [1.82, 2.24) is 9.97 Å². The standard InChI is InChI=1S/C11H19N5O2/c1-8-6-16(4-3-5-18-8)11-9(17-2)10(15-12)13-7-14-11/h7-8H,3-6,12H2,1-2H3,(H,13,14,15). The van der Waals surface area contributed by atoms with Crippen LogP contribution in [0.2, 0.25) is 0 Å². The van der Waals surface area contributed by atoms with E-state index >= 15 is 0 Å². The van der Waals surface area contributed by atoms with Crippen molar-refractivity contribution in [2.45, 2.75) is 19.4 Å². The summed E-state index contributed by atoms with van der Waals surface area (Å²) in [6, 6.07) is 0. The molecule has 18 heavy (non-hydrogen) atoms. The second-order valence-electron chi connectivity index (χ2n) is 4.20. The summed E-state index contributed by atoms with van der Waals surface area (Å²) in [4.78, 5) is 10.5. The molecule has 0 spiro atoms. The molecule has 0 radical (unpaired) electrons. The molecule has 1 aromatic rings. The van der Waals surface area contributed by atoms with Crippen LogP contribution in [-0.4, -0.2) is 42.9 Å². The fourth-order valence-electron chi connectivity index (χ4n) is 2.07. The maximum Gasteiger partial charge on any atom is 0.205 e. The molecule has 1 unspecified atom stereocenters. The predicted octanol–water partition coefficient (Wildman–Crippen LogP) is 0.386. The number of ether oxygens (including phenoxy) is 2. The molecule has 0 aromatic carbocycles. The maximum atomic E-state index is 5.62. The second-order valence-corrected chi connectivity index (χ2v) is 4.20. The molecule has 1 atom stereocenters. The molecule has 1 aliphatic heterocycles. The minimum atomic E-state index is 0.168. The third-order valence-electron chi connectivity index (χ3n) is 2.88. The van der Waals surface area contributed by atoms with E-state index in [2.05, 4.69) is 20.3 Å². The van der Waals surface area contributed by atoms with Crippen molar-refractivity contribution in [2.24, 2.45) is 5.84 Å². The molecular formula is C11H19N5O2. The zero-order valence-corrected chi connectivity index (χ0v) is 10.7. The van der Waals surface area contributed by atoms with E-state index in [1.54, 1.807) is 7.11 Å². The zero-order valence-electron chi connectivity index (χ0n) is 10.7. The van der Waals surface area contributed by atoms with E-state index in [0.717, 1.165) is 31.9 Å². The van der Waals surface area contributed by atoms with Gasteiger partial charge in [0, 0.05) is 19.7 Å². The van der Waals surface area contributed by atoms with Crippen molar-refractivity contribution in [1.29, 1.82) is 0 Å². The number of rotatable bonds is 3. The van der Waals surface area contributed by atoms with Gasteiger partial charge in [-0.1, -0.05) is 0 Å². The van der Waals surface area contributed by atoms with Crippen molar-refractivity contribution >= 4 is 11.6 Å². The lowest BCUT2D eigenvalue weighted by Gasteiger charge is -2.25. The van der Waals surface area contributed by atoms with Gasteiger partial charge in [0.25, 0.3) is 0 Å². The maximum absolute atomic E-state index is 5.62. The smallest absolute Gasteiger partial charge is 0.205 e. The van der Waals surface area contributed by atoms with Crippen molar-refractivity contribution in [2.75, 3.05) is 37.1 Å². The average Bonchev–Trinajstić information content (AvgIpc) is 2.62. The third kappa shape index (κ3) is 2.62. The fraction of sp³-hybridized carbons (Fsp3) is 0.636. The molecular weight excluding hydrogens is 234 g/mol. The van der Waals surface area contributed by atoms with Crippen LogP contribution in [-0.2, 0) is 4.74 Å². The number of methoxy groups -OCH3 is 1. The minimum Gasteiger partial charge on any atom is -0.490 e. The Morgan fingerprint density at radius 1 is 1.56 bits per heavy atom. The number of nitrogens with one attached hydrogen (secondary N) is 1. The van der Waals surface area contributed by atoms with Crippen molar-refractivity contribution < 1.29 is 9.47 Å². The lowest BCUT2D eigenvalue weighted by atomic mass is 10.3. The first-order valence-corrected chi connectivity index (χ1v) is 5.98. The SMILES string of the molecule is COc1c(NN)ncnc1N1CCCOC(C)C1. The molecule has 1 fully saturated rings. The van der Waals surface area contributed by atoms with E-state index in [0.29, 0.717) is 11.6 Å². The molecule has 7 nitrogen and oxygen atoms in total. The molecule has 2 rings (SSSR count). The van der Waals surface area contributed by atoms with Crippen LogP contribution >= 0.6 is 0 Å². The van der Waals surface area contributed by atoms with Gasteiger partial charge in [0.2, 0.25) is 5.75 Å². The number of aromatic nitrogens is 2. The lowest BCUT2D eigenvalue weighted by Crippen LogP contribution is -2.31. The molecule has 0 amide bonds. The van der Waals surface area contributed by atoms with Gasteiger partial charge in [0.1, 0.15) is 6.33 Å². The van der Waals surface area contributed by atoms with Crippen LogP contribution in [0, 0.1) is 0 Å². The Bertz CT molecular complexity index is 401. The summed E-state index contributed by atoms with van der Waals surface area (Å²) in [5.41, 5.74) is 2.52. The Morgan fingerprint density at radius 2 is 2.39 bits per heavy atom. The number of hydrazine groups is 1. The molecule has 100 valence electrons.